The monoisotopic (exact) mass is 366 g/mol. The summed E-state index contributed by atoms with van der Waals surface area (Å²) >= 11 is 5.87. The number of amides is 1. The summed E-state index contributed by atoms with van der Waals surface area (Å²) in [6.07, 6.45) is 0. The van der Waals surface area contributed by atoms with Gasteiger partial charge in [0.1, 0.15) is 17.4 Å². The second-order valence-electron chi connectivity index (χ2n) is 5.68. The molecule has 4 nitrogen and oxygen atoms in total. The molecule has 132 valence electrons. The zero-order chi connectivity index (χ0) is 17.8. The molecule has 1 fully saturated rings. The quantitative estimate of drug-likeness (QED) is 0.832. The van der Waals surface area contributed by atoms with Crippen LogP contribution in [0, 0.1) is 11.6 Å². The van der Waals surface area contributed by atoms with Crippen molar-refractivity contribution in [3.63, 3.8) is 0 Å². The molecule has 0 radical (unpaired) electrons. The molecule has 0 bridgehead atoms. The minimum Gasteiger partial charge on any atom is -0.482 e. The van der Waals surface area contributed by atoms with Gasteiger partial charge in [-0.05, 0) is 30.3 Å². The molecule has 0 saturated carbocycles. The van der Waals surface area contributed by atoms with Crippen LogP contribution in [0.25, 0.3) is 0 Å². The number of benzene rings is 2. The SMILES string of the molecule is O=C(COc1ccc(F)cc1Cl)N1CCN(c2ccccc2F)CC1. The number of nitrogens with zero attached hydrogens (tertiary/aromatic N) is 2. The van der Waals surface area contributed by atoms with Crippen molar-refractivity contribution in [1.82, 2.24) is 4.90 Å². The zero-order valence-electron chi connectivity index (χ0n) is 13.4. The van der Waals surface area contributed by atoms with Gasteiger partial charge >= 0.3 is 0 Å². The fourth-order valence-corrected chi connectivity index (χ4v) is 2.95. The Morgan fingerprint density at radius 1 is 1.08 bits per heavy atom. The molecule has 2 aromatic carbocycles. The summed E-state index contributed by atoms with van der Waals surface area (Å²) < 4.78 is 32.2. The van der Waals surface area contributed by atoms with Gasteiger partial charge in [0, 0.05) is 26.2 Å². The third-order valence-corrected chi connectivity index (χ3v) is 4.37. The van der Waals surface area contributed by atoms with Crippen LogP contribution in [-0.4, -0.2) is 43.6 Å². The Balaban J connectivity index is 1.52. The highest BCUT2D eigenvalue weighted by Crippen LogP contribution is 2.25. The number of hydrogen-bond donors (Lipinski definition) is 0. The minimum atomic E-state index is -0.465. The third kappa shape index (κ3) is 4.20. The Hall–Kier alpha value is -2.34. The number of carbonyl (C=O) groups excluding carboxylic acids is 1. The number of para-hydroxylation sites is 1. The maximum Gasteiger partial charge on any atom is 0.260 e. The summed E-state index contributed by atoms with van der Waals surface area (Å²) in [4.78, 5) is 15.8. The summed E-state index contributed by atoms with van der Waals surface area (Å²) in [6.45, 7) is 1.88. The zero-order valence-corrected chi connectivity index (χ0v) is 14.2. The number of halogens is 3. The lowest BCUT2D eigenvalue weighted by Crippen LogP contribution is -2.50. The van der Waals surface area contributed by atoms with E-state index in [1.165, 1.54) is 18.2 Å². The van der Waals surface area contributed by atoms with E-state index in [-0.39, 0.29) is 29.1 Å². The highest BCUT2D eigenvalue weighted by molar-refractivity contribution is 6.32. The van der Waals surface area contributed by atoms with E-state index in [0.717, 1.165) is 6.07 Å². The van der Waals surface area contributed by atoms with E-state index in [4.69, 9.17) is 16.3 Å². The Bertz CT molecular complexity index is 764. The molecule has 1 saturated heterocycles. The van der Waals surface area contributed by atoms with E-state index < -0.39 is 5.82 Å². The van der Waals surface area contributed by atoms with E-state index in [1.807, 2.05) is 4.90 Å². The van der Waals surface area contributed by atoms with Crippen LogP contribution in [0.4, 0.5) is 14.5 Å². The second kappa shape index (κ2) is 7.70. The van der Waals surface area contributed by atoms with Crippen molar-refractivity contribution in [2.45, 2.75) is 0 Å². The number of rotatable bonds is 4. The smallest absolute Gasteiger partial charge is 0.260 e. The second-order valence-corrected chi connectivity index (χ2v) is 6.09. The van der Waals surface area contributed by atoms with Gasteiger partial charge in [-0.15, -0.1) is 0 Å². The van der Waals surface area contributed by atoms with Gasteiger partial charge in [-0.3, -0.25) is 4.79 Å². The van der Waals surface area contributed by atoms with Crippen LogP contribution >= 0.6 is 11.6 Å². The highest BCUT2D eigenvalue weighted by Gasteiger charge is 2.23. The lowest BCUT2D eigenvalue weighted by molar-refractivity contribution is -0.133. The molecule has 0 atom stereocenters. The molecule has 25 heavy (non-hydrogen) atoms. The summed E-state index contributed by atoms with van der Waals surface area (Å²) in [7, 11) is 0. The third-order valence-electron chi connectivity index (χ3n) is 4.07. The fourth-order valence-electron chi connectivity index (χ4n) is 2.73. The van der Waals surface area contributed by atoms with Crippen LogP contribution in [0.1, 0.15) is 0 Å². The Morgan fingerprint density at radius 2 is 1.80 bits per heavy atom. The first-order valence-electron chi connectivity index (χ1n) is 7.89. The average molecular weight is 367 g/mol. The minimum absolute atomic E-state index is 0.122. The Kier molecular flexibility index (Phi) is 5.38. The first-order chi connectivity index (χ1) is 12.0. The molecule has 0 aliphatic carbocycles. The van der Waals surface area contributed by atoms with Crippen LogP contribution in [0.2, 0.25) is 5.02 Å². The normalized spacial score (nSPS) is 14.5. The maximum absolute atomic E-state index is 13.8. The summed E-state index contributed by atoms with van der Waals surface area (Å²) in [5.41, 5.74) is 0.545. The number of anilines is 1. The molecule has 3 rings (SSSR count). The molecule has 1 aliphatic heterocycles. The van der Waals surface area contributed by atoms with Gasteiger partial charge in [-0.2, -0.15) is 0 Å². The van der Waals surface area contributed by atoms with Gasteiger partial charge in [-0.1, -0.05) is 23.7 Å². The fraction of sp³-hybridized carbons (Fsp3) is 0.278. The van der Waals surface area contributed by atoms with Crippen LogP contribution in [0.15, 0.2) is 42.5 Å². The molecule has 2 aromatic rings. The van der Waals surface area contributed by atoms with E-state index in [1.54, 1.807) is 23.1 Å². The van der Waals surface area contributed by atoms with Crippen molar-refractivity contribution in [3.8, 4) is 5.75 Å². The van der Waals surface area contributed by atoms with Gasteiger partial charge < -0.3 is 14.5 Å². The molecule has 0 spiro atoms. The standard InChI is InChI=1S/C18H17ClF2N2O2/c19-14-11-13(20)5-6-17(14)25-12-18(24)23-9-7-22(8-10-23)16-4-2-1-3-15(16)21/h1-6,11H,7-10,12H2. The molecule has 1 aliphatic rings. The van der Waals surface area contributed by atoms with Crippen LogP contribution in [-0.2, 0) is 4.79 Å². The first-order valence-corrected chi connectivity index (χ1v) is 8.27. The number of piperazine rings is 1. The molecule has 0 N–H and O–H groups in total. The molecule has 0 unspecified atom stereocenters. The van der Waals surface area contributed by atoms with E-state index in [9.17, 15) is 13.6 Å². The molecule has 7 heteroatoms. The predicted molar refractivity (Wildman–Crippen MR) is 92.1 cm³/mol. The van der Waals surface area contributed by atoms with E-state index in [0.29, 0.717) is 31.9 Å². The topological polar surface area (TPSA) is 32.8 Å². The molecule has 1 amide bonds. The molecular weight excluding hydrogens is 350 g/mol. The molecule has 0 aromatic heterocycles. The van der Waals surface area contributed by atoms with Gasteiger partial charge in [0.25, 0.3) is 5.91 Å². The van der Waals surface area contributed by atoms with Crippen LogP contribution in [0.5, 0.6) is 5.75 Å². The summed E-state index contributed by atoms with van der Waals surface area (Å²) in [6, 6.07) is 10.3. The number of carbonyl (C=O) groups is 1. The lowest BCUT2D eigenvalue weighted by atomic mass is 10.2. The maximum atomic E-state index is 13.8. The number of hydrogen-bond acceptors (Lipinski definition) is 3. The van der Waals surface area contributed by atoms with Gasteiger partial charge in [0.05, 0.1) is 10.7 Å². The summed E-state index contributed by atoms with van der Waals surface area (Å²) in [5, 5.41) is 0.122. The molecular formula is C18H17ClF2N2O2. The largest absolute Gasteiger partial charge is 0.482 e. The lowest BCUT2D eigenvalue weighted by Gasteiger charge is -2.36. The molecule has 1 heterocycles. The van der Waals surface area contributed by atoms with Crippen LogP contribution in [0.3, 0.4) is 0 Å². The van der Waals surface area contributed by atoms with Crippen molar-refractivity contribution in [2.75, 3.05) is 37.7 Å². The Labute approximate surface area is 149 Å². The Morgan fingerprint density at radius 3 is 2.48 bits per heavy atom. The van der Waals surface area contributed by atoms with E-state index >= 15 is 0 Å². The van der Waals surface area contributed by atoms with E-state index in [2.05, 4.69) is 0 Å². The van der Waals surface area contributed by atoms with Crippen molar-refractivity contribution in [2.24, 2.45) is 0 Å². The van der Waals surface area contributed by atoms with Crippen molar-refractivity contribution < 1.29 is 18.3 Å². The van der Waals surface area contributed by atoms with Gasteiger partial charge in [0.2, 0.25) is 0 Å². The van der Waals surface area contributed by atoms with Crippen molar-refractivity contribution in [3.05, 3.63) is 59.1 Å². The van der Waals surface area contributed by atoms with Crippen molar-refractivity contribution >= 4 is 23.2 Å². The van der Waals surface area contributed by atoms with Crippen LogP contribution < -0.4 is 9.64 Å². The van der Waals surface area contributed by atoms with Crippen molar-refractivity contribution in [1.29, 1.82) is 0 Å². The first kappa shape index (κ1) is 17.5. The highest BCUT2D eigenvalue weighted by atomic mass is 35.5. The average Bonchev–Trinajstić information content (AvgIpc) is 2.61. The summed E-state index contributed by atoms with van der Waals surface area (Å²) in [5.74, 6) is -0.653. The van der Waals surface area contributed by atoms with Gasteiger partial charge in [0.15, 0.2) is 6.61 Å². The van der Waals surface area contributed by atoms with Gasteiger partial charge in [-0.25, -0.2) is 8.78 Å². The predicted octanol–water partition coefficient (Wildman–Crippen LogP) is 3.35. The number of ether oxygens (including phenoxy) is 1.